The molecule has 2 N–H and O–H groups in total. The van der Waals surface area contributed by atoms with Gasteiger partial charge in [0.1, 0.15) is 0 Å². The molecular formula is C14H25NS. The lowest BCUT2D eigenvalue weighted by atomic mass is 9.81. The third kappa shape index (κ3) is 1.92. The quantitative estimate of drug-likeness (QED) is 0.816. The van der Waals surface area contributed by atoms with Crippen LogP contribution in [0, 0.1) is 17.8 Å². The van der Waals surface area contributed by atoms with Gasteiger partial charge >= 0.3 is 0 Å². The van der Waals surface area contributed by atoms with E-state index in [9.17, 15) is 0 Å². The molecule has 5 unspecified atom stereocenters. The SMILES string of the molecule is CC1(C(N)CC2CC3CCC2C3)CCCS1. The van der Waals surface area contributed by atoms with Gasteiger partial charge in [-0.05, 0) is 69.0 Å². The van der Waals surface area contributed by atoms with Crippen molar-refractivity contribution in [3.05, 3.63) is 0 Å². The fourth-order valence-corrected chi connectivity index (χ4v) is 5.69. The second-order valence-corrected chi connectivity index (χ2v) is 8.17. The average Bonchev–Trinajstić information content (AvgIpc) is 2.93. The molecule has 16 heavy (non-hydrogen) atoms. The van der Waals surface area contributed by atoms with Gasteiger partial charge in [0.05, 0.1) is 0 Å². The van der Waals surface area contributed by atoms with Crippen LogP contribution in [0.5, 0.6) is 0 Å². The van der Waals surface area contributed by atoms with Gasteiger partial charge in [-0.25, -0.2) is 0 Å². The molecule has 3 aliphatic rings. The highest BCUT2D eigenvalue weighted by Gasteiger charge is 2.43. The van der Waals surface area contributed by atoms with Crippen molar-refractivity contribution in [1.29, 1.82) is 0 Å². The van der Waals surface area contributed by atoms with Crippen molar-refractivity contribution in [2.24, 2.45) is 23.5 Å². The van der Waals surface area contributed by atoms with Crippen LogP contribution in [0.1, 0.15) is 51.9 Å². The van der Waals surface area contributed by atoms with Crippen molar-refractivity contribution < 1.29 is 0 Å². The maximum Gasteiger partial charge on any atom is 0.0283 e. The van der Waals surface area contributed by atoms with Crippen LogP contribution in [0.25, 0.3) is 0 Å². The number of thioether (sulfide) groups is 1. The van der Waals surface area contributed by atoms with Crippen LogP contribution in [0.3, 0.4) is 0 Å². The van der Waals surface area contributed by atoms with Gasteiger partial charge < -0.3 is 5.73 Å². The molecule has 0 amide bonds. The van der Waals surface area contributed by atoms with Gasteiger partial charge in [0, 0.05) is 10.8 Å². The van der Waals surface area contributed by atoms with Gasteiger partial charge in [0.2, 0.25) is 0 Å². The molecule has 92 valence electrons. The summed E-state index contributed by atoms with van der Waals surface area (Å²) in [6, 6.07) is 0.448. The lowest BCUT2D eigenvalue weighted by Gasteiger charge is -2.34. The molecule has 2 saturated carbocycles. The molecule has 5 atom stereocenters. The number of nitrogens with two attached hydrogens (primary N) is 1. The van der Waals surface area contributed by atoms with Gasteiger partial charge in [-0.3, -0.25) is 0 Å². The van der Waals surface area contributed by atoms with Crippen LogP contribution < -0.4 is 5.73 Å². The summed E-state index contributed by atoms with van der Waals surface area (Å²) in [5.74, 6) is 4.44. The molecule has 1 saturated heterocycles. The summed E-state index contributed by atoms with van der Waals surface area (Å²) < 4.78 is 0.405. The third-order valence-corrected chi connectivity index (χ3v) is 7.13. The Morgan fingerprint density at radius 3 is 2.81 bits per heavy atom. The van der Waals surface area contributed by atoms with Gasteiger partial charge in [-0.15, -0.1) is 0 Å². The molecule has 2 aliphatic carbocycles. The van der Waals surface area contributed by atoms with Crippen LogP contribution in [0.2, 0.25) is 0 Å². The summed E-state index contributed by atoms with van der Waals surface area (Å²) in [6.07, 6.45) is 10.1. The first-order valence-corrected chi connectivity index (χ1v) is 8.05. The number of hydrogen-bond acceptors (Lipinski definition) is 2. The van der Waals surface area contributed by atoms with Crippen molar-refractivity contribution in [3.8, 4) is 0 Å². The predicted octanol–water partition coefficient (Wildman–Crippen LogP) is 3.43. The van der Waals surface area contributed by atoms with Gasteiger partial charge in [0.15, 0.2) is 0 Å². The molecule has 0 aromatic carbocycles. The van der Waals surface area contributed by atoms with Crippen LogP contribution in [0.15, 0.2) is 0 Å². The second kappa shape index (κ2) is 4.20. The third-order valence-electron chi connectivity index (χ3n) is 5.47. The Kier molecular flexibility index (Phi) is 3.00. The molecule has 3 rings (SSSR count). The number of hydrogen-bond donors (Lipinski definition) is 1. The highest BCUT2D eigenvalue weighted by molar-refractivity contribution is 8.00. The largest absolute Gasteiger partial charge is 0.326 e. The van der Waals surface area contributed by atoms with Crippen LogP contribution in [0.4, 0.5) is 0 Å². The Morgan fingerprint density at radius 1 is 1.38 bits per heavy atom. The average molecular weight is 239 g/mol. The van der Waals surface area contributed by atoms with Crippen molar-refractivity contribution >= 4 is 11.8 Å². The second-order valence-electron chi connectivity index (χ2n) is 6.54. The highest BCUT2D eigenvalue weighted by atomic mass is 32.2. The molecular weight excluding hydrogens is 214 g/mol. The van der Waals surface area contributed by atoms with E-state index in [1.807, 2.05) is 0 Å². The van der Waals surface area contributed by atoms with Crippen molar-refractivity contribution in [2.45, 2.75) is 62.7 Å². The molecule has 0 aromatic rings. The van der Waals surface area contributed by atoms with E-state index < -0.39 is 0 Å². The Labute approximate surface area is 104 Å². The van der Waals surface area contributed by atoms with E-state index in [1.165, 1.54) is 50.7 Å². The molecule has 2 bridgehead atoms. The van der Waals surface area contributed by atoms with E-state index in [-0.39, 0.29) is 0 Å². The maximum atomic E-state index is 6.50. The van der Waals surface area contributed by atoms with E-state index in [1.54, 1.807) is 0 Å². The summed E-state index contributed by atoms with van der Waals surface area (Å²) in [5.41, 5.74) is 6.50. The van der Waals surface area contributed by atoms with Crippen LogP contribution >= 0.6 is 11.8 Å². The van der Waals surface area contributed by atoms with Crippen LogP contribution in [-0.4, -0.2) is 16.5 Å². The molecule has 0 radical (unpaired) electrons. The Morgan fingerprint density at radius 2 is 2.25 bits per heavy atom. The first-order valence-electron chi connectivity index (χ1n) is 7.07. The van der Waals surface area contributed by atoms with Gasteiger partial charge in [0.25, 0.3) is 0 Å². The molecule has 2 heteroatoms. The summed E-state index contributed by atoms with van der Waals surface area (Å²) in [5, 5.41) is 0. The fraction of sp³-hybridized carbons (Fsp3) is 1.00. The van der Waals surface area contributed by atoms with Gasteiger partial charge in [-0.1, -0.05) is 6.42 Å². The normalized spacial score (nSPS) is 48.8. The van der Waals surface area contributed by atoms with E-state index >= 15 is 0 Å². The maximum absolute atomic E-state index is 6.50. The zero-order valence-corrected chi connectivity index (χ0v) is 11.3. The Bertz CT molecular complexity index is 259. The molecule has 1 nitrogen and oxygen atoms in total. The van der Waals surface area contributed by atoms with Crippen LogP contribution in [-0.2, 0) is 0 Å². The highest BCUT2D eigenvalue weighted by Crippen LogP contribution is 2.51. The minimum absolute atomic E-state index is 0.405. The van der Waals surface area contributed by atoms with Crippen molar-refractivity contribution in [3.63, 3.8) is 0 Å². The zero-order chi connectivity index (χ0) is 11.2. The minimum Gasteiger partial charge on any atom is -0.326 e. The van der Waals surface area contributed by atoms with E-state index in [2.05, 4.69) is 18.7 Å². The Hall–Kier alpha value is 0.310. The molecule has 0 spiro atoms. The predicted molar refractivity (Wildman–Crippen MR) is 71.6 cm³/mol. The lowest BCUT2D eigenvalue weighted by Crippen LogP contribution is -2.43. The first-order chi connectivity index (χ1) is 7.67. The Balaban J connectivity index is 1.58. The summed E-state index contributed by atoms with van der Waals surface area (Å²) in [7, 11) is 0. The van der Waals surface area contributed by atoms with Crippen molar-refractivity contribution in [2.75, 3.05) is 5.75 Å². The monoisotopic (exact) mass is 239 g/mol. The minimum atomic E-state index is 0.405. The molecule has 0 aromatic heterocycles. The smallest absolute Gasteiger partial charge is 0.0283 e. The summed E-state index contributed by atoms with van der Waals surface area (Å²) >= 11 is 2.13. The van der Waals surface area contributed by atoms with Crippen molar-refractivity contribution in [1.82, 2.24) is 0 Å². The number of rotatable bonds is 3. The first kappa shape index (κ1) is 11.4. The van der Waals surface area contributed by atoms with Gasteiger partial charge in [-0.2, -0.15) is 11.8 Å². The standard InChI is InChI=1S/C14H25NS/c1-14(5-2-6-16-14)13(15)9-12-8-10-3-4-11(12)7-10/h10-13H,2-9,15H2,1H3. The summed E-state index contributed by atoms with van der Waals surface area (Å²) in [4.78, 5) is 0. The topological polar surface area (TPSA) is 26.0 Å². The van der Waals surface area contributed by atoms with E-state index in [0.29, 0.717) is 10.8 Å². The zero-order valence-electron chi connectivity index (χ0n) is 10.5. The van der Waals surface area contributed by atoms with E-state index in [0.717, 1.165) is 17.8 Å². The molecule has 1 aliphatic heterocycles. The molecule has 1 heterocycles. The number of fused-ring (bicyclic) bond motifs is 2. The van der Waals surface area contributed by atoms with E-state index in [4.69, 9.17) is 5.73 Å². The summed E-state index contributed by atoms with van der Waals surface area (Å²) in [6.45, 7) is 2.41. The molecule has 3 fully saturated rings. The lowest BCUT2D eigenvalue weighted by molar-refractivity contribution is 0.276. The fourth-order valence-electron chi connectivity index (χ4n) is 4.33.